The fourth-order valence-electron chi connectivity index (χ4n) is 39.0. The Kier molecular flexibility index (Phi) is 37.4. The molecule has 27 atom stereocenters. The number of ether oxygens (including phenoxy) is 2. The summed E-state index contributed by atoms with van der Waals surface area (Å²) in [5, 5.41) is 22.0. The molecule has 3 aromatic carbocycles. The number of rotatable bonds is 24. The molecular weight excluding hydrogens is 1900 g/mol. The van der Waals surface area contributed by atoms with E-state index in [9.17, 15) is 33.9 Å². The number of hydrogen-bond acceptors (Lipinski definition) is 18. The fourth-order valence-corrected chi connectivity index (χ4v) is 39.3. The number of carbonyl (C=O) groups excluding carboxylic acids is 11. The second-order valence-corrected chi connectivity index (χ2v) is 53.4. The van der Waals surface area contributed by atoms with Gasteiger partial charge in [-0.1, -0.05) is 237 Å². The van der Waals surface area contributed by atoms with Crippen LogP contribution in [0.5, 0.6) is 5.75 Å². The molecule has 0 saturated heterocycles. The minimum atomic E-state index is -0.832. The molecule has 0 aromatic heterocycles. The smallest absolute Gasteiger partial charge is 0.373 e. The van der Waals surface area contributed by atoms with Crippen LogP contribution in [-0.2, 0) is 62.3 Å². The molecule has 15 aliphatic rings. The minimum absolute atomic E-state index is 0.00286. The second-order valence-electron chi connectivity index (χ2n) is 53.1. The van der Waals surface area contributed by atoms with Crippen LogP contribution in [-0.4, -0.2) is 137 Å². The number of nitrogens with zero attached hydrogens (tertiary/aromatic N) is 1. The highest BCUT2D eigenvalue weighted by molar-refractivity contribution is 6.64. The number of methoxy groups -OCH3 is 1. The number of halogens is 1. The highest BCUT2D eigenvalue weighted by Crippen LogP contribution is 2.83. The summed E-state index contributed by atoms with van der Waals surface area (Å²) in [7, 11) is 3.32. The third-order valence-electron chi connectivity index (χ3n) is 46.3. The van der Waals surface area contributed by atoms with Crippen LogP contribution in [0.4, 0.5) is 0 Å². The maximum Gasteiger partial charge on any atom is 0.373 e. The molecule has 0 aliphatic heterocycles. The van der Waals surface area contributed by atoms with E-state index in [0.29, 0.717) is 150 Å². The number of carbonyl (C=O) groups is 6. The first-order valence-corrected chi connectivity index (χ1v) is 57.2. The zero-order valence-corrected chi connectivity index (χ0v) is 96.3. The van der Waals surface area contributed by atoms with Gasteiger partial charge in [-0.2, -0.15) is 28.8 Å². The summed E-state index contributed by atoms with van der Waals surface area (Å²) in [4.78, 5) is 125. The Labute approximate surface area is 903 Å². The summed E-state index contributed by atoms with van der Waals surface area (Å²) in [6, 6.07) is 26.5. The topological polar surface area (TPSA) is 321 Å². The molecule has 150 heavy (non-hydrogen) atoms. The van der Waals surface area contributed by atoms with Crippen LogP contribution in [0.25, 0.3) is 16.7 Å². The van der Waals surface area contributed by atoms with E-state index in [1.807, 2.05) is 31.0 Å². The van der Waals surface area contributed by atoms with Crippen molar-refractivity contribution in [3.05, 3.63) is 155 Å². The molecule has 3 aromatic rings. The lowest BCUT2D eigenvalue weighted by atomic mass is 9.32. The summed E-state index contributed by atoms with van der Waals surface area (Å²) < 4.78 is 9.44. The van der Waals surface area contributed by atoms with Gasteiger partial charge >= 0.3 is 30.4 Å². The van der Waals surface area contributed by atoms with Crippen molar-refractivity contribution in [2.24, 2.45) is 176 Å². The molecule has 15 aliphatic carbocycles. The van der Waals surface area contributed by atoms with Gasteiger partial charge in [-0.3, -0.25) is 33.7 Å². The van der Waals surface area contributed by atoms with Crippen LogP contribution >= 0.6 is 11.6 Å². The Hall–Kier alpha value is -8.61. The number of nitrogens with one attached hydrogen (secondary N) is 4. The van der Waals surface area contributed by atoms with Gasteiger partial charge in [0.1, 0.15) is 5.75 Å². The molecule has 0 spiro atoms. The van der Waals surface area contributed by atoms with E-state index in [1.54, 1.807) is 11.1 Å². The lowest BCUT2D eigenvalue weighted by Crippen LogP contribution is -2.66. The monoisotopic (exact) mass is 2080 g/mol. The van der Waals surface area contributed by atoms with Gasteiger partial charge in [0.2, 0.25) is 17.1 Å². The summed E-state index contributed by atoms with van der Waals surface area (Å²) >= 11 is 6.51. The molecule has 2 amide bonds. The zero-order valence-electron chi connectivity index (χ0n) is 95.5. The van der Waals surface area contributed by atoms with Crippen LogP contribution in [0.15, 0.2) is 127 Å². The number of allylic oxidation sites excluding steroid dienone is 9. The van der Waals surface area contributed by atoms with Crippen LogP contribution in [0.2, 0.25) is 0 Å². The van der Waals surface area contributed by atoms with Gasteiger partial charge in [-0.05, 0) is 432 Å². The number of aryl methyl sites for hydroxylation is 2. The molecule has 0 heterocycles. The van der Waals surface area contributed by atoms with Gasteiger partial charge in [0.15, 0.2) is 0 Å². The van der Waals surface area contributed by atoms with Gasteiger partial charge in [-0.15, -0.1) is 0 Å². The first-order chi connectivity index (χ1) is 70.6. The van der Waals surface area contributed by atoms with Crippen molar-refractivity contribution >= 4 is 82.2 Å². The number of nitrogens with two attached hydrogens (primary N) is 1. The van der Waals surface area contributed by atoms with Crippen LogP contribution in [0, 0.1) is 184 Å². The highest BCUT2D eigenvalue weighted by atomic mass is 35.5. The van der Waals surface area contributed by atoms with Crippen LogP contribution in [0.3, 0.4) is 0 Å². The average molecular weight is 2080 g/mol. The Morgan fingerprint density at radius 2 is 0.773 bits per heavy atom. The van der Waals surface area contributed by atoms with Crippen molar-refractivity contribution in [2.45, 2.75) is 319 Å². The summed E-state index contributed by atoms with van der Waals surface area (Å²) in [5.41, 5.74) is 21.8. The number of carboxylic acid groups (broad SMARTS) is 1. The lowest BCUT2D eigenvalue weighted by Gasteiger charge is -2.72. The Bertz CT molecular complexity index is 5580. The Morgan fingerprint density at radius 1 is 0.447 bits per heavy atom. The molecule has 7 N–H and O–H groups in total. The van der Waals surface area contributed by atoms with Crippen molar-refractivity contribution in [3.63, 3.8) is 0 Å². The molecule has 12 fully saturated rings. The summed E-state index contributed by atoms with van der Waals surface area (Å²) in [6.45, 7) is 70.6. The molecule has 824 valence electrons. The van der Waals surface area contributed by atoms with Gasteiger partial charge in [0, 0.05) is 44.7 Å². The summed E-state index contributed by atoms with van der Waals surface area (Å²) in [5.74, 6) is 7.99. The quantitative estimate of drug-likeness (QED) is 0.0160. The zero-order chi connectivity index (χ0) is 111. The van der Waals surface area contributed by atoms with E-state index in [1.165, 1.54) is 154 Å². The van der Waals surface area contributed by atoms with Gasteiger partial charge < -0.3 is 41.6 Å². The normalized spacial score (nSPS) is 37.9. The third kappa shape index (κ3) is 20.9. The first-order valence-electron chi connectivity index (χ1n) is 56.9. The van der Waals surface area contributed by atoms with E-state index in [0.717, 1.165) is 96.1 Å². The van der Waals surface area contributed by atoms with Crippen molar-refractivity contribution in [3.8, 4) is 5.75 Å². The van der Waals surface area contributed by atoms with Crippen molar-refractivity contribution in [1.29, 1.82) is 0 Å². The second kappa shape index (κ2) is 46.8. The maximum atomic E-state index is 14.4. The standard InChI is InChI=1S/C43H62N2O5.C40H60N2O.C37H51ClO.C5H12N2O2.3CO2/c1-9-45(26-36(47)48)25-24-44-38(49)43-21-16-31(28(2)3)37(43)33-14-15-35-40(6)19-17-32(29-10-12-30(13-11-29)50-27-46)39(4,5)34(40)18-20-42(35,8)41(33,7)22-23-43;1-26(2)29-16-21-40(35(43)42-25-24-41-9)23-22-38(7)31(34(29)40)14-15-33-37(6)19-17-30(28-12-10-27(3)11-13-28)36(4,5)32(37)18-20-39(33,38)8;1-23(2)26-15-20-37(32(38)39)22-21-35(7)28(31(26)37)13-14-30-34(6)18-16-27(25-11-9-24(3)10-12-25)33(4,5)29(34)17-19-36(30,35)8;1-9-5(8)4-7-3-2-6;3*2-1-3/h10-13,17,27,31,33-35,37H,2,9,14-16,18-26H2,1,3-8H3,(H,44,49)(H,47,48);10-13,17,29,31-34,41H,1,14-16,18-25H2,2-9H3,(H,42,43);9-12,16,26,28-31H,1,13-15,17-22H2,2-8H3;7H,2-4,6H2,1H3;;;/t31-,33+,34-,35+,37+,40-,41+,42+,43-;29-,31+,32-,33+,34+,37-,38+,39+,40-;26-,28+,29-,30+,31+,34-,35+,36+,37-;;;;/m000..../s1. The average Bonchev–Trinajstić information content (AvgIpc) is 1.18. The number of benzene rings is 3. The maximum absolute atomic E-state index is 14.4. The van der Waals surface area contributed by atoms with E-state index in [2.05, 4.69) is 263 Å². The third-order valence-corrected chi connectivity index (χ3v) is 46.7. The fraction of sp³-hybridized carbons (Fsp3) is 0.695. The number of amides is 2. The number of hydrogen-bond donors (Lipinski definition) is 6. The summed E-state index contributed by atoms with van der Waals surface area (Å²) in [6.07, 6.45) is 39.7. The molecule has 0 radical (unpaired) electrons. The molecule has 22 heteroatoms. The molecule has 12 saturated carbocycles. The van der Waals surface area contributed by atoms with E-state index in [4.69, 9.17) is 50.8 Å². The predicted octanol–water partition coefficient (Wildman–Crippen LogP) is 24.7. The lowest BCUT2D eigenvalue weighted by molar-refractivity contribution is -0.225. The minimum Gasteiger partial charge on any atom is -0.480 e. The Morgan fingerprint density at radius 3 is 1.08 bits per heavy atom. The number of aliphatic carboxylic acids is 1. The van der Waals surface area contributed by atoms with Crippen molar-refractivity contribution in [2.75, 3.05) is 73.1 Å². The van der Waals surface area contributed by atoms with Crippen molar-refractivity contribution < 1.29 is 72.1 Å². The van der Waals surface area contributed by atoms with Crippen molar-refractivity contribution in [1.82, 2.24) is 26.2 Å². The number of likely N-dealkylation sites (N-methyl/N-ethyl adjacent to an activating group) is 2. The molecule has 18 rings (SSSR count). The van der Waals surface area contributed by atoms with Crippen LogP contribution < -0.4 is 31.7 Å². The van der Waals surface area contributed by atoms with Gasteiger partial charge in [0.05, 0.1) is 31.0 Å². The van der Waals surface area contributed by atoms with E-state index in [-0.39, 0.29) is 114 Å². The molecule has 0 unspecified atom stereocenters. The number of carboxylic acids is 1. The first kappa shape index (κ1) is 120. The van der Waals surface area contributed by atoms with E-state index < -0.39 is 5.97 Å². The number of fused-ring (bicyclic) bond motifs is 21. The molecule has 0 bridgehead atoms. The number of esters is 1. The largest absolute Gasteiger partial charge is 0.480 e. The predicted molar refractivity (Wildman–Crippen MR) is 592 cm³/mol. The SMILES string of the molecule is C=C(C)[C@@H]1CC[C@]2(C(=O)Cl)CC[C@]3(C)[C@H](CC[C@@H]4[C@@]5(C)CC=C(c6ccc(C)cc6)C(C)(C)[C@@H]5CC[C@]43C)[C@@H]12.C=C(C)[C@@H]1CC[C@]2(C(=O)NCCN(CC)CC(=O)O)CC[C@]3(C)[C@H](CC[C@@H]4[C@@]5(C)CC=C(c6ccc(OC=O)cc6)C(C)(C)[C@@H]5CC[C@]43C)[C@@H]12.C=C(C)[C@@H]1CC[C@]2(C(=O)NCCNC)CC[C@]3(C)[C@H](CC[C@@H]4[C@@]5(C)CC=C(c6ccc(C)cc6)C(C)(C)[C@@H]5CC[C@]43C)[C@@H]12.COC(=O)CNCCN.O=C=O.O=C=O.O=C=O. The highest BCUT2D eigenvalue weighted by Gasteiger charge is 2.77. The molecular formula is C128H185ClN6O15. The van der Waals surface area contributed by atoms with Crippen LogP contribution in [0.1, 0.15) is 333 Å². The molecule has 21 nitrogen and oxygen atoms in total. The van der Waals surface area contributed by atoms with Gasteiger partial charge in [0.25, 0.3) is 6.47 Å². The Balaban J connectivity index is 0.000000185. The van der Waals surface area contributed by atoms with Gasteiger partial charge in [-0.25, -0.2) is 0 Å². The van der Waals surface area contributed by atoms with E-state index >= 15 is 0 Å².